The zero-order valence-electron chi connectivity index (χ0n) is 10.4. The molecule has 2 atom stereocenters. The predicted molar refractivity (Wildman–Crippen MR) is 64.1 cm³/mol. The molecule has 3 N–H and O–H groups in total. The number of hydrogen-bond donors (Lipinski definition) is 2. The third-order valence-electron chi connectivity index (χ3n) is 3.14. The minimum Gasteiger partial charge on any atom is -0.373 e. The number of hydrogen-bond acceptors (Lipinski definition) is 3. The second kappa shape index (κ2) is 6.21. The Balaban J connectivity index is 2.23. The highest BCUT2D eigenvalue weighted by molar-refractivity contribution is 5.81. The Hall–Kier alpha value is -0.610. The Bertz CT molecular complexity index is 225. The Kier molecular flexibility index (Phi) is 5.22. The van der Waals surface area contributed by atoms with Crippen LogP contribution in [0.3, 0.4) is 0 Å². The van der Waals surface area contributed by atoms with Crippen LogP contribution < -0.4 is 11.1 Å². The monoisotopic (exact) mass is 228 g/mol. The van der Waals surface area contributed by atoms with Crippen LogP contribution in [0.25, 0.3) is 0 Å². The molecule has 0 spiro atoms. The van der Waals surface area contributed by atoms with Gasteiger partial charge in [-0.3, -0.25) is 4.79 Å². The van der Waals surface area contributed by atoms with Gasteiger partial charge in [-0.15, -0.1) is 0 Å². The molecule has 0 radical (unpaired) electrons. The molecule has 0 aliphatic carbocycles. The number of unbranched alkanes of at least 4 members (excludes halogenated alkanes) is 1. The summed E-state index contributed by atoms with van der Waals surface area (Å²) in [6.07, 6.45) is 4.93. The summed E-state index contributed by atoms with van der Waals surface area (Å²) >= 11 is 0. The van der Waals surface area contributed by atoms with Gasteiger partial charge < -0.3 is 15.8 Å². The van der Waals surface area contributed by atoms with Crippen molar-refractivity contribution in [3.8, 4) is 0 Å². The van der Waals surface area contributed by atoms with Gasteiger partial charge in [-0.1, -0.05) is 19.8 Å². The highest BCUT2D eigenvalue weighted by atomic mass is 16.5. The summed E-state index contributed by atoms with van der Waals surface area (Å²) in [5, 5.41) is 2.88. The maximum atomic E-state index is 11.7. The number of nitrogens with one attached hydrogen (secondary N) is 1. The Labute approximate surface area is 97.9 Å². The van der Waals surface area contributed by atoms with Gasteiger partial charge in [0.1, 0.15) is 0 Å². The number of amides is 1. The molecule has 1 amide bonds. The van der Waals surface area contributed by atoms with E-state index in [9.17, 15) is 4.79 Å². The number of ether oxygens (including phenoxy) is 1. The molecule has 0 aromatic rings. The number of carbonyl (C=O) groups excluding carboxylic acids is 1. The van der Waals surface area contributed by atoms with Crippen molar-refractivity contribution >= 4 is 5.91 Å². The van der Waals surface area contributed by atoms with E-state index >= 15 is 0 Å². The summed E-state index contributed by atoms with van der Waals surface area (Å²) in [6.45, 7) is 5.51. The fraction of sp³-hybridized carbons (Fsp3) is 0.917. The first-order valence-corrected chi connectivity index (χ1v) is 6.24. The molecule has 0 saturated carbocycles. The van der Waals surface area contributed by atoms with E-state index in [-0.39, 0.29) is 17.6 Å². The molecule has 1 aliphatic heterocycles. The predicted octanol–water partition coefficient (Wildman–Crippen LogP) is 1.19. The Morgan fingerprint density at radius 3 is 2.94 bits per heavy atom. The van der Waals surface area contributed by atoms with Crippen LogP contribution in [0.1, 0.15) is 46.0 Å². The van der Waals surface area contributed by atoms with Gasteiger partial charge in [0.05, 0.1) is 11.6 Å². The van der Waals surface area contributed by atoms with Gasteiger partial charge >= 0.3 is 0 Å². The van der Waals surface area contributed by atoms with E-state index < -0.39 is 0 Å². The summed E-state index contributed by atoms with van der Waals surface area (Å²) in [6, 6.07) is -0.370. The van der Waals surface area contributed by atoms with Crippen molar-refractivity contribution in [3.05, 3.63) is 0 Å². The molecule has 16 heavy (non-hydrogen) atoms. The lowest BCUT2D eigenvalue weighted by atomic mass is 10.0. The van der Waals surface area contributed by atoms with E-state index in [4.69, 9.17) is 10.5 Å². The molecule has 94 valence electrons. The normalized spacial score (nSPS) is 26.7. The maximum absolute atomic E-state index is 11.7. The third-order valence-corrected chi connectivity index (χ3v) is 3.14. The molecule has 1 rings (SSSR count). The van der Waals surface area contributed by atoms with Crippen LogP contribution >= 0.6 is 0 Å². The van der Waals surface area contributed by atoms with Gasteiger partial charge in [0.2, 0.25) is 5.91 Å². The molecule has 4 nitrogen and oxygen atoms in total. The van der Waals surface area contributed by atoms with Gasteiger partial charge in [0.25, 0.3) is 0 Å². The molecule has 1 aliphatic rings. The first kappa shape index (κ1) is 13.5. The van der Waals surface area contributed by atoms with Crippen LogP contribution in [0.15, 0.2) is 0 Å². The van der Waals surface area contributed by atoms with Crippen molar-refractivity contribution in [1.82, 2.24) is 5.32 Å². The van der Waals surface area contributed by atoms with E-state index in [1.807, 2.05) is 6.92 Å². The van der Waals surface area contributed by atoms with Crippen molar-refractivity contribution in [2.75, 3.05) is 13.2 Å². The van der Waals surface area contributed by atoms with Gasteiger partial charge in [-0.25, -0.2) is 0 Å². The first-order chi connectivity index (χ1) is 7.57. The van der Waals surface area contributed by atoms with E-state index in [2.05, 4.69) is 12.2 Å². The highest BCUT2D eigenvalue weighted by Gasteiger charge is 2.30. The third kappa shape index (κ3) is 4.10. The van der Waals surface area contributed by atoms with Gasteiger partial charge in [-0.05, 0) is 26.2 Å². The van der Waals surface area contributed by atoms with Crippen molar-refractivity contribution in [2.24, 2.45) is 5.73 Å². The first-order valence-electron chi connectivity index (χ1n) is 6.24. The SMILES string of the molecule is CCCCC(N)C(=O)NCC1(C)CCCO1. The summed E-state index contributed by atoms with van der Waals surface area (Å²) in [5.74, 6) is -0.0508. The minimum absolute atomic E-state index is 0.0508. The molecule has 1 heterocycles. The summed E-state index contributed by atoms with van der Waals surface area (Å²) in [4.78, 5) is 11.7. The van der Waals surface area contributed by atoms with E-state index in [0.717, 1.165) is 38.7 Å². The average Bonchev–Trinajstić information content (AvgIpc) is 2.70. The van der Waals surface area contributed by atoms with Gasteiger partial charge in [0, 0.05) is 13.2 Å². The topological polar surface area (TPSA) is 64.4 Å². The second-order valence-electron chi connectivity index (χ2n) is 4.87. The summed E-state index contributed by atoms with van der Waals surface area (Å²) < 4.78 is 5.60. The summed E-state index contributed by atoms with van der Waals surface area (Å²) in [5.41, 5.74) is 5.60. The van der Waals surface area contributed by atoms with Gasteiger partial charge in [0.15, 0.2) is 0 Å². The minimum atomic E-state index is -0.370. The molecule has 0 aromatic carbocycles. The average molecular weight is 228 g/mol. The lowest BCUT2D eigenvalue weighted by Crippen LogP contribution is -2.46. The quantitative estimate of drug-likeness (QED) is 0.717. The zero-order valence-corrected chi connectivity index (χ0v) is 10.4. The largest absolute Gasteiger partial charge is 0.373 e. The number of carbonyl (C=O) groups is 1. The Morgan fingerprint density at radius 1 is 1.62 bits per heavy atom. The van der Waals surface area contributed by atoms with E-state index in [1.54, 1.807) is 0 Å². The molecule has 2 unspecified atom stereocenters. The molecular formula is C12H24N2O2. The van der Waals surface area contributed by atoms with E-state index in [0.29, 0.717) is 6.54 Å². The number of nitrogens with two attached hydrogens (primary N) is 1. The van der Waals surface area contributed by atoms with Gasteiger partial charge in [-0.2, -0.15) is 0 Å². The molecule has 0 aromatic heterocycles. The van der Waals surface area contributed by atoms with Crippen LogP contribution in [0.4, 0.5) is 0 Å². The molecule has 0 bridgehead atoms. The molecular weight excluding hydrogens is 204 g/mol. The molecule has 1 fully saturated rings. The molecule has 1 saturated heterocycles. The van der Waals surface area contributed by atoms with Crippen LogP contribution in [0, 0.1) is 0 Å². The van der Waals surface area contributed by atoms with Crippen LogP contribution in [-0.2, 0) is 9.53 Å². The Morgan fingerprint density at radius 2 is 2.38 bits per heavy atom. The highest BCUT2D eigenvalue weighted by Crippen LogP contribution is 2.23. The van der Waals surface area contributed by atoms with Crippen LogP contribution in [-0.4, -0.2) is 30.7 Å². The van der Waals surface area contributed by atoms with Crippen molar-refractivity contribution in [3.63, 3.8) is 0 Å². The van der Waals surface area contributed by atoms with Crippen molar-refractivity contribution in [1.29, 1.82) is 0 Å². The van der Waals surface area contributed by atoms with Crippen LogP contribution in [0.2, 0.25) is 0 Å². The zero-order chi connectivity index (χ0) is 12.0. The van der Waals surface area contributed by atoms with Crippen molar-refractivity contribution in [2.45, 2.75) is 57.6 Å². The maximum Gasteiger partial charge on any atom is 0.237 e. The second-order valence-corrected chi connectivity index (χ2v) is 4.87. The molecule has 4 heteroatoms. The fourth-order valence-corrected chi connectivity index (χ4v) is 1.94. The lowest BCUT2D eigenvalue weighted by molar-refractivity contribution is -0.123. The lowest BCUT2D eigenvalue weighted by Gasteiger charge is -2.24. The standard InChI is InChI=1S/C12H24N2O2/c1-3-4-6-10(13)11(15)14-9-12(2)7-5-8-16-12/h10H,3-9,13H2,1-2H3,(H,14,15). The number of rotatable bonds is 6. The van der Waals surface area contributed by atoms with E-state index in [1.165, 1.54) is 0 Å². The van der Waals surface area contributed by atoms with Crippen molar-refractivity contribution < 1.29 is 9.53 Å². The summed E-state index contributed by atoms with van der Waals surface area (Å²) in [7, 11) is 0. The smallest absolute Gasteiger partial charge is 0.237 e. The van der Waals surface area contributed by atoms with Crippen LogP contribution in [0.5, 0.6) is 0 Å². The fourth-order valence-electron chi connectivity index (χ4n) is 1.94.